The molecule has 2 aromatic heterocycles. The molecule has 23 heavy (non-hydrogen) atoms. The standard InChI is InChI=1S/C14H16ClN7S/c1-21(2)13-19-11(18-12(16)20-13)7-23-14-17-9-6-8(15)4-5-10(9)22(14)3/h4-6H,7H2,1-3H3,(H2,16,18,19,20). The number of anilines is 2. The molecule has 0 bridgehead atoms. The second-order valence-corrected chi connectivity index (χ2v) is 6.56. The van der Waals surface area contributed by atoms with Crippen LogP contribution < -0.4 is 10.6 Å². The summed E-state index contributed by atoms with van der Waals surface area (Å²) in [5.41, 5.74) is 7.64. The highest BCUT2D eigenvalue weighted by Crippen LogP contribution is 2.26. The molecule has 3 aromatic rings. The molecule has 7 nitrogen and oxygen atoms in total. The Morgan fingerprint density at radius 1 is 1.22 bits per heavy atom. The summed E-state index contributed by atoms with van der Waals surface area (Å²) >= 11 is 7.56. The van der Waals surface area contributed by atoms with E-state index in [2.05, 4.69) is 19.9 Å². The minimum Gasteiger partial charge on any atom is -0.368 e. The average molecular weight is 350 g/mol. The molecule has 0 aliphatic heterocycles. The van der Waals surface area contributed by atoms with E-state index in [9.17, 15) is 0 Å². The maximum absolute atomic E-state index is 6.02. The van der Waals surface area contributed by atoms with Gasteiger partial charge in [0.05, 0.1) is 16.8 Å². The lowest BCUT2D eigenvalue weighted by molar-refractivity contribution is 0.813. The highest BCUT2D eigenvalue weighted by molar-refractivity contribution is 7.98. The molecule has 0 spiro atoms. The predicted molar refractivity (Wildman–Crippen MR) is 93.9 cm³/mol. The van der Waals surface area contributed by atoms with Gasteiger partial charge in [0.25, 0.3) is 0 Å². The molecule has 0 fully saturated rings. The number of hydrogen-bond acceptors (Lipinski definition) is 7. The van der Waals surface area contributed by atoms with E-state index in [1.807, 2.05) is 43.9 Å². The lowest BCUT2D eigenvalue weighted by atomic mass is 10.3. The van der Waals surface area contributed by atoms with Crippen LogP contribution in [0.1, 0.15) is 5.82 Å². The van der Waals surface area contributed by atoms with Gasteiger partial charge in [0.15, 0.2) is 5.16 Å². The van der Waals surface area contributed by atoms with Crippen LogP contribution in [0, 0.1) is 0 Å². The van der Waals surface area contributed by atoms with Crippen LogP contribution in [0.5, 0.6) is 0 Å². The predicted octanol–water partition coefficient (Wildman–Crippen LogP) is 2.35. The third kappa shape index (κ3) is 3.32. The average Bonchev–Trinajstić information content (AvgIpc) is 2.80. The summed E-state index contributed by atoms with van der Waals surface area (Å²) in [7, 11) is 5.69. The molecular formula is C14H16ClN7S. The van der Waals surface area contributed by atoms with E-state index < -0.39 is 0 Å². The molecular weight excluding hydrogens is 334 g/mol. The van der Waals surface area contributed by atoms with Crippen LogP contribution in [-0.4, -0.2) is 38.6 Å². The van der Waals surface area contributed by atoms with E-state index in [0.29, 0.717) is 22.5 Å². The van der Waals surface area contributed by atoms with Gasteiger partial charge in [-0.3, -0.25) is 0 Å². The number of nitrogens with two attached hydrogens (primary N) is 1. The molecule has 2 N–H and O–H groups in total. The number of aromatic nitrogens is 5. The first-order valence-electron chi connectivity index (χ1n) is 6.86. The molecule has 0 atom stereocenters. The molecule has 0 saturated carbocycles. The quantitative estimate of drug-likeness (QED) is 0.723. The number of nitrogens with zero attached hydrogens (tertiary/aromatic N) is 6. The van der Waals surface area contributed by atoms with Crippen molar-refractivity contribution in [2.45, 2.75) is 10.9 Å². The number of thioether (sulfide) groups is 1. The zero-order valence-electron chi connectivity index (χ0n) is 13.0. The van der Waals surface area contributed by atoms with Gasteiger partial charge in [-0.25, -0.2) is 4.98 Å². The third-order valence-corrected chi connectivity index (χ3v) is 4.48. The Kier molecular flexibility index (Phi) is 4.27. The van der Waals surface area contributed by atoms with Crippen molar-refractivity contribution < 1.29 is 0 Å². The molecule has 0 unspecified atom stereocenters. The maximum atomic E-state index is 6.02. The van der Waals surface area contributed by atoms with E-state index in [1.165, 1.54) is 0 Å². The summed E-state index contributed by atoms with van der Waals surface area (Å²) in [6.07, 6.45) is 0. The molecule has 0 saturated heterocycles. The number of aryl methyl sites for hydroxylation is 1. The summed E-state index contributed by atoms with van der Waals surface area (Å²) in [6.45, 7) is 0. The summed E-state index contributed by atoms with van der Waals surface area (Å²) in [5.74, 6) is 1.94. The van der Waals surface area contributed by atoms with Gasteiger partial charge in [0.1, 0.15) is 5.82 Å². The van der Waals surface area contributed by atoms with Gasteiger partial charge >= 0.3 is 0 Å². The second kappa shape index (κ2) is 6.21. The lowest BCUT2D eigenvalue weighted by Gasteiger charge is -2.11. The van der Waals surface area contributed by atoms with Gasteiger partial charge in [0, 0.05) is 26.2 Å². The first-order chi connectivity index (χ1) is 10.9. The number of hydrogen-bond donors (Lipinski definition) is 1. The van der Waals surface area contributed by atoms with E-state index in [4.69, 9.17) is 17.3 Å². The highest BCUT2D eigenvalue weighted by Gasteiger charge is 2.11. The number of rotatable bonds is 4. The van der Waals surface area contributed by atoms with Crippen molar-refractivity contribution in [1.29, 1.82) is 0 Å². The van der Waals surface area contributed by atoms with Crippen LogP contribution in [0.2, 0.25) is 5.02 Å². The van der Waals surface area contributed by atoms with E-state index in [0.717, 1.165) is 16.2 Å². The molecule has 2 heterocycles. The van der Waals surface area contributed by atoms with Crippen molar-refractivity contribution in [2.24, 2.45) is 7.05 Å². The SMILES string of the molecule is CN(C)c1nc(N)nc(CSc2nc3cc(Cl)ccc3n2C)n1. The van der Waals surface area contributed by atoms with Gasteiger partial charge < -0.3 is 15.2 Å². The molecule has 0 amide bonds. The second-order valence-electron chi connectivity index (χ2n) is 5.18. The Hall–Kier alpha value is -2.06. The molecule has 3 rings (SSSR count). The van der Waals surface area contributed by atoms with Gasteiger partial charge in [-0.15, -0.1) is 0 Å². The van der Waals surface area contributed by atoms with Crippen molar-refractivity contribution >= 4 is 46.3 Å². The Bertz CT molecular complexity index is 862. The normalized spacial score (nSPS) is 11.1. The first kappa shape index (κ1) is 15.8. The Balaban J connectivity index is 1.85. The van der Waals surface area contributed by atoms with Crippen LogP contribution in [0.3, 0.4) is 0 Å². The monoisotopic (exact) mass is 349 g/mol. The topological polar surface area (TPSA) is 85.8 Å². The molecule has 1 aromatic carbocycles. The number of benzene rings is 1. The third-order valence-electron chi connectivity index (χ3n) is 3.22. The van der Waals surface area contributed by atoms with Crippen LogP contribution in [-0.2, 0) is 12.8 Å². The summed E-state index contributed by atoms with van der Waals surface area (Å²) in [5, 5.41) is 1.54. The first-order valence-corrected chi connectivity index (χ1v) is 8.23. The van der Waals surface area contributed by atoms with Gasteiger partial charge in [-0.05, 0) is 18.2 Å². The number of nitrogen functional groups attached to an aromatic ring is 1. The van der Waals surface area contributed by atoms with Crippen molar-refractivity contribution in [3.63, 3.8) is 0 Å². The number of fused-ring (bicyclic) bond motifs is 1. The molecule has 120 valence electrons. The molecule has 0 aliphatic carbocycles. The van der Waals surface area contributed by atoms with E-state index in [-0.39, 0.29) is 5.95 Å². The van der Waals surface area contributed by atoms with Gasteiger partial charge in [-0.2, -0.15) is 15.0 Å². The fourth-order valence-corrected chi connectivity index (χ4v) is 3.11. The Labute approximate surface area is 142 Å². The smallest absolute Gasteiger partial charge is 0.229 e. The fourth-order valence-electron chi connectivity index (χ4n) is 2.10. The van der Waals surface area contributed by atoms with Crippen molar-refractivity contribution in [2.75, 3.05) is 24.7 Å². The van der Waals surface area contributed by atoms with E-state index in [1.54, 1.807) is 16.7 Å². The van der Waals surface area contributed by atoms with Crippen LogP contribution in [0.25, 0.3) is 11.0 Å². The Morgan fingerprint density at radius 3 is 2.74 bits per heavy atom. The largest absolute Gasteiger partial charge is 0.368 e. The summed E-state index contributed by atoms with van der Waals surface area (Å²) in [6, 6.07) is 5.67. The summed E-state index contributed by atoms with van der Waals surface area (Å²) in [4.78, 5) is 19.0. The van der Waals surface area contributed by atoms with Crippen molar-refractivity contribution in [1.82, 2.24) is 24.5 Å². The van der Waals surface area contributed by atoms with Crippen LogP contribution in [0.15, 0.2) is 23.4 Å². The maximum Gasteiger partial charge on any atom is 0.229 e. The van der Waals surface area contributed by atoms with Crippen LogP contribution in [0.4, 0.5) is 11.9 Å². The minimum absolute atomic E-state index is 0.219. The lowest BCUT2D eigenvalue weighted by Crippen LogP contribution is -2.16. The number of imidazole rings is 1. The van der Waals surface area contributed by atoms with Crippen molar-refractivity contribution in [3.8, 4) is 0 Å². The fraction of sp³-hybridized carbons (Fsp3) is 0.286. The molecule has 0 aliphatic rings. The van der Waals surface area contributed by atoms with E-state index >= 15 is 0 Å². The summed E-state index contributed by atoms with van der Waals surface area (Å²) < 4.78 is 2.02. The zero-order chi connectivity index (χ0) is 16.6. The van der Waals surface area contributed by atoms with Gasteiger partial charge in [0.2, 0.25) is 11.9 Å². The van der Waals surface area contributed by atoms with Crippen molar-refractivity contribution in [3.05, 3.63) is 29.0 Å². The minimum atomic E-state index is 0.219. The Morgan fingerprint density at radius 2 is 2.00 bits per heavy atom. The highest BCUT2D eigenvalue weighted by atomic mass is 35.5. The number of halogens is 1. The molecule has 9 heteroatoms. The molecule has 0 radical (unpaired) electrons. The van der Waals surface area contributed by atoms with Crippen LogP contribution >= 0.6 is 23.4 Å². The zero-order valence-corrected chi connectivity index (χ0v) is 14.6. The van der Waals surface area contributed by atoms with Gasteiger partial charge in [-0.1, -0.05) is 23.4 Å².